The van der Waals surface area contributed by atoms with Crippen LogP contribution in [-0.4, -0.2) is 48.6 Å². The van der Waals surface area contributed by atoms with Crippen LogP contribution in [0.5, 0.6) is 0 Å². The molecule has 0 radical (unpaired) electrons. The topological polar surface area (TPSA) is 44.3 Å². The molecule has 5 nitrogen and oxygen atoms in total. The summed E-state index contributed by atoms with van der Waals surface area (Å²) in [5.74, 6) is 1.84. The molecule has 1 N–H and O–H groups in total. The molecule has 0 fully saturated rings. The molecule has 0 amide bonds. The molecule has 6 heteroatoms. The van der Waals surface area contributed by atoms with Gasteiger partial charge in [-0.1, -0.05) is 17.7 Å². The number of anilines is 2. The fraction of sp³-hybridized carbons (Fsp3) is 0.412. The molecular formula is C17H22ClN5. The highest BCUT2D eigenvalue weighted by Gasteiger charge is 2.18. The van der Waals surface area contributed by atoms with E-state index in [1.807, 2.05) is 12.1 Å². The maximum atomic E-state index is 6.08. The van der Waals surface area contributed by atoms with Crippen LogP contribution < -0.4 is 10.2 Å². The van der Waals surface area contributed by atoms with E-state index in [2.05, 4.69) is 51.3 Å². The number of benzene rings is 1. The normalized spacial score (nSPS) is 14.0. The first-order chi connectivity index (χ1) is 11.1. The quantitative estimate of drug-likeness (QED) is 0.912. The lowest BCUT2D eigenvalue weighted by Gasteiger charge is -2.30. The van der Waals surface area contributed by atoms with Crippen LogP contribution in [0.25, 0.3) is 0 Å². The number of rotatable bonds is 5. The van der Waals surface area contributed by atoms with Crippen LogP contribution >= 0.6 is 11.6 Å². The third kappa shape index (κ3) is 4.12. The van der Waals surface area contributed by atoms with Gasteiger partial charge in [-0.2, -0.15) is 0 Å². The van der Waals surface area contributed by atoms with Gasteiger partial charge in [-0.3, -0.25) is 0 Å². The Morgan fingerprint density at radius 2 is 2.09 bits per heavy atom. The number of nitrogens with zero attached hydrogens (tertiary/aromatic N) is 4. The lowest BCUT2D eigenvalue weighted by molar-refractivity contribution is 0.425. The van der Waals surface area contributed by atoms with Crippen molar-refractivity contribution in [3.63, 3.8) is 0 Å². The minimum absolute atomic E-state index is 0.812. The van der Waals surface area contributed by atoms with Crippen LogP contribution in [0.15, 0.2) is 30.6 Å². The van der Waals surface area contributed by atoms with Crippen molar-refractivity contribution >= 4 is 23.2 Å². The van der Waals surface area contributed by atoms with Gasteiger partial charge in [0, 0.05) is 37.3 Å². The maximum Gasteiger partial charge on any atom is 0.134 e. The molecule has 23 heavy (non-hydrogen) atoms. The highest BCUT2D eigenvalue weighted by atomic mass is 35.5. The first kappa shape index (κ1) is 16.0. The molecule has 2 aromatic rings. The number of fused-ring (bicyclic) bond motifs is 1. The summed E-state index contributed by atoms with van der Waals surface area (Å²) in [6.07, 6.45) is 2.62. The molecule has 0 spiro atoms. The zero-order valence-electron chi connectivity index (χ0n) is 13.6. The molecule has 0 atom stereocenters. The molecule has 0 saturated carbocycles. The summed E-state index contributed by atoms with van der Waals surface area (Å²) in [5.41, 5.74) is 2.66. The number of likely N-dealkylation sites (N-methyl/N-ethyl adjacent to an activating group) is 1. The summed E-state index contributed by atoms with van der Waals surface area (Å²) in [6, 6.07) is 8.17. The minimum Gasteiger partial charge on any atom is -0.369 e. The van der Waals surface area contributed by atoms with Crippen molar-refractivity contribution in [1.29, 1.82) is 0 Å². The SMILES string of the molecule is CN(C)CCNc1cc(N2CCc3cc(Cl)ccc3C2)ncn1. The van der Waals surface area contributed by atoms with Crippen LogP contribution in [0.3, 0.4) is 0 Å². The Kier molecular flexibility index (Phi) is 4.98. The second-order valence-corrected chi connectivity index (χ2v) is 6.51. The van der Waals surface area contributed by atoms with E-state index >= 15 is 0 Å². The van der Waals surface area contributed by atoms with Gasteiger partial charge < -0.3 is 15.1 Å². The monoisotopic (exact) mass is 331 g/mol. The molecule has 1 aromatic heterocycles. The summed E-state index contributed by atoms with van der Waals surface area (Å²) in [4.78, 5) is 13.2. The molecule has 0 bridgehead atoms. The molecule has 3 rings (SSSR count). The highest BCUT2D eigenvalue weighted by Crippen LogP contribution is 2.26. The van der Waals surface area contributed by atoms with E-state index in [4.69, 9.17) is 11.6 Å². The van der Waals surface area contributed by atoms with Gasteiger partial charge in [0.05, 0.1) is 0 Å². The second kappa shape index (κ2) is 7.15. The number of hydrogen-bond acceptors (Lipinski definition) is 5. The molecule has 1 aromatic carbocycles. The van der Waals surface area contributed by atoms with Crippen molar-refractivity contribution in [2.45, 2.75) is 13.0 Å². The molecule has 1 aliphatic heterocycles. The van der Waals surface area contributed by atoms with Gasteiger partial charge in [-0.25, -0.2) is 9.97 Å². The van der Waals surface area contributed by atoms with Crippen LogP contribution in [0.2, 0.25) is 5.02 Å². The highest BCUT2D eigenvalue weighted by molar-refractivity contribution is 6.30. The van der Waals surface area contributed by atoms with Gasteiger partial charge in [-0.05, 0) is 43.8 Å². The predicted octanol–water partition coefficient (Wildman–Crippen LogP) is 2.67. The van der Waals surface area contributed by atoms with Crippen molar-refractivity contribution in [1.82, 2.24) is 14.9 Å². The van der Waals surface area contributed by atoms with Gasteiger partial charge in [0.15, 0.2) is 0 Å². The molecule has 0 saturated heterocycles. The molecule has 1 aliphatic rings. The van der Waals surface area contributed by atoms with Crippen molar-refractivity contribution in [2.75, 3.05) is 43.9 Å². The lowest BCUT2D eigenvalue weighted by Crippen LogP contribution is -2.31. The van der Waals surface area contributed by atoms with E-state index in [1.165, 1.54) is 11.1 Å². The minimum atomic E-state index is 0.812. The summed E-state index contributed by atoms with van der Waals surface area (Å²) in [7, 11) is 4.12. The fourth-order valence-electron chi connectivity index (χ4n) is 2.74. The number of aromatic nitrogens is 2. The second-order valence-electron chi connectivity index (χ2n) is 6.08. The van der Waals surface area contributed by atoms with Crippen molar-refractivity contribution in [2.24, 2.45) is 0 Å². The van der Waals surface area contributed by atoms with E-state index in [1.54, 1.807) is 6.33 Å². The summed E-state index contributed by atoms with van der Waals surface area (Å²) < 4.78 is 0. The van der Waals surface area contributed by atoms with Crippen LogP contribution in [0.1, 0.15) is 11.1 Å². The summed E-state index contributed by atoms with van der Waals surface area (Å²) in [6.45, 7) is 3.64. The van der Waals surface area contributed by atoms with E-state index in [0.717, 1.165) is 49.3 Å². The third-order valence-electron chi connectivity index (χ3n) is 4.02. The summed E-state index contributed by atoms with van der Waals surface area (Å²) >= 11 is 6.08. The number of hydrogen-bond donors (Lipinski definition) is 1. The molecule has 122 valence electrons. The predicted molar refractivity (Wildman–Crippen MR) is 95.3 cm³/mol. The first-order valence-electron chi connectivity index (χ1n) is 7.85. The van der Waals surface area contributed by atoms with E-state index in [9.17, 15) is 0 Å². The van der Waals surface area contributed by atoms with Gasteiger partial charge in [-0.15, -0.1) is 0 Å². The van der Waals surface area contributed by atoms with Gasteiger partial charge in [0.25, 0.3) is 0 Å². The summed E-state index contributed by atoms with van der Waals surface area (Å²) in [5, 5.41) is 4.16. The van der Waals surface area contributed by atoms with Crippen LogP contribution in [0.4, 0.5) is 11.6 Å². The maximum absolute atomic E-state index is 6.08. The average molecular weight is 332 g/mol. The average Bonchev–Trinajstić information content (AvgIpc) is 2.54. The van der Waals surface area contributed by atoms with Crippen LogP contribution in [-0.2, 0) is 13.0 Å². The molecule has 0 aliphatic carbocycles. The van der Waals surface area contributed by atoms with Crippen molar-refractivity contribution in [3.8, 4) is 0 Å². The Labute approximate surface area is 142 Å². The van der Waals surface area contributed by atoms with Crippen LogP contribution in [0, 0.1) is 0 Å². The molecule has 2 heterocycles. The fourth-order valence-corrected chi connectivity index (χ4v) is 2.94. The Balaban J connectivity index is 1.69. The molecular weight excluding hydrogens is 310 g/mol. The van der Waals surface area contributed by atoms with E-state index in [0.29, 0.717) is 0 Å². The lowest BCUT2D eigenvalue weighted by atomic mass is 10.00. The largest absolute Gasteiger partial charge is 0.369 e. The van der Waals surface area contributed by atoms with Crippen molar-refractivity contribution < 1.29 is 0 Å². The Morgan fingerprint density at radius 3 is 2.91 bits per heavy atom. The smallest absolute Gasteiger partial charge is 0.134 e. The number of halogens is 1. The zero-order chi connectivity index (χ0) is 16.2. The Morgan fingerprint density at radius 1 is 1.22 bits per heavy atom. The van der Waals surface area contributed by atoms with E-state index in [-0.39, 0.29) is 0 Å². The third-order valence-corrected chi connectivity index (χ3v) is 4.26. The Hall–Kier alpha value is -1.85. The zero-order valence-corrected chi connectivity index (χ0v) is 14.3. The van der Waals surface area contributed by atoms with Gasteiger partial charge in [0.2, 0.25) is 0 Å². The van der Waals surface area contributed by atoms with Gasteiger partial charge in [0.1, 0.15) is 18.0 Å². The van der Waals surface area contributed by atoms with Crippen molar-refractivity contribution in [3.05, 3.63) is 46.7 Å². The van der Waals surface area contributed by atoms with E-state index < -0.39 is 0 Å². The standard InChI is InChI=1S/C17H22ClN5/c1-22(2)8-6-19-16-10-17(21-12-20-16)23-7-5-13-9-15(18)4-3-14(13)11-23/h3-4,9-10,12H,5-8,11H2,1-2H3,(H,19,20,21). The number of nitrogens with one attached hydrogen (secondary N) is 1. The first-order valence-corrected chi connectivity index (χ1v) is 8.22. The molecule has 0 unspecified atom stereocenters. The van der Waals surface area contributed by atoms with Gasteiger partial charge >= 0.3 is 0 Å². The Bertz CT molecular complexity index is 674.